The Kier molecular flexibility index (Phi) is 7.69. The largest absolute Gasteiger partial charge is 0.497 e. The third kappa shape index (κ3) is 6.56. The molecule has 1 aliphatic carbocycles. The van der Waals surface area contributed by atoms with Crippen molar-refractivity contribution in [3.63, 3.8) is 0 Å². The fourth-order valence-electron chi connectivity index (χ4n) is 4.55. The Morgan fingerprint density at radius 1 is 1.14 bits per heavy atom. The number of ether oxygens (including phenoxy) is 4. The molecule has 1 aromatic carbocycles. The molecule has 1 saturated carbocycles. The minimum Gasteiger partial charge on any atom is -0.497 e. The summed E-state index contributed by atoms with van der Waals surface area (Å²) in [5.74, 6) is 1.22. The van der Waals surface area contributed by atoms with Crippen molar-refractivity contribution >= 4 is 6.09 Å². The first-order valence-electron chi connectivity index (χ1n) is 11.6. The highest BCUT2D eigenvalue weighted by Gasteiger charge is 2.49. The molecule has 0 unspecified atom stereocenters. The summed E-state index contributed by atoms with van der Waals surface area (Å²) in [7, 11) is 1.52. The second kappa shape index (κ2) is 10.7. The van der Waals surface area contributed by atoms with Gasteiger partial charge in [-0.1, -0.05) is 18.2 Å². The summed E-state index contributed by atoms with van der Waals surface area (Å²) in [6.07, 6.45) is -3.18. The van der Waals surface area contributed by atoms with Gasteiger partial charge in [0.25, 0.3) is 0 Å². The van der Waals surface area contributed by atoms with Crippen LogP contribution in [0, 0.1) is 5.41 Å². The number of carbonyl (C=O) groups is 1. The van der Waals surface area contributed by atoms with Gasteiger partial charge in [-0.25, -0.2) is 9.78 Å². The highest BCUT2D eigenvalue weighted by atomic mass is 19.4. The van der Waals surface area contributed by atoms with E-state index in [1.807, 2.05) is 12.1 Å². The van der Waals surface area contributed by atoms with E-state index in [-0.39, 0.29) is 18.1 Å². The van der Waals surface area contributed by atoms with Crippen LogP contribution in [0.1, 0.15) is 31.2 Å². The van der Waals surface area contributed by atoms with Crippen LogP contribution in [-0.2, 0) is 16.1 Å². The molecule has 1 aliphatic heterocycles. The third-order valence-corrected chi connectivity index (χ3v) is 6.63. The third-order valence-electron chi connectivity index (χ3n) is 6.63. The lowest BCUT2D eigenvalue weighted by molar-refractivity contribution is -0.220. The molecular weight excluding hydrogens is 465 g/mol. The number of halogens is 3. The second-order valence-electron chi connectivity index (χ2n) is 9.08. The van der Waals surface area contributed by atoms with E-state index in [4.69, 9.17) is 18.9 Å². The average Bonchev–Trinajstić information content (AvgIpc) is 2.83. The first kappa shape index (κ1) is 25.1. The van der Waals surface area contributed by atoms with Crippen molar-refractivity contribution in [3.8, 4) is 11.6 Å². The number of methoxy groups -OCH3 is 1. The van der Waals surface area contributed by atoms with Crippen molar-refractivity contribution in [2.24, 2.45) is 5.41 Å². The Labute approximate surface area is 202 Å². The van der Waals surface area contributed by atoms with Gasteiger partial charge in [0.15, 0.2) is 0 Å². The van der Waals surface area contributed by atoms with Crippen molar-refractivity contribution in [3.05, 3.63) is 54.2 Å². The Balaban J connectivity index is 1.21. The predicted molar refractivity (Wildman–Crippen MR) is 120 cm³/mol. The highest BCUT2D eigenvalue weighted by molar-refractivity contribution is 5.68. The Hall–Kier alpha value is -3.01. The summed E-state index contributed by atoms with van der Waals surface area (Å²) in [5, 5.41) is 0. The average molecular weight is 495 g/mol. The molecule has 190 valence electrons. The highest BCUT2D eigenvalue weighted by Crippen LogP contribution is 2.50. The fourth-order valence-corrected chi connectivity index (χ4v) is 4.55. The minimum absolute atomic E-state index is 0.0396. The molecule has 1 saturated heterocycles. The zero-order valence-electron chi connectivity index (χ0n) is 19.5. The molecule has 0 bridgehead atoms. The van der Waals surface area contributed by atoms with Crippen molar-refractivity contribution in [1.82, 2.24) is 9.88 Å². The van der Waals surface area contributed by atoms with Gasteiger partial charge < -0.3 is 23.8 Å². The SMILES string of the molecule is COc1ccc(COC[C@@H](OC(=O)N2CCC3(CC2)CC(Oc2ccccn2)C3)C(F)(F)F)cc1. The van der Waals surface area contributed by atoms with Crippen molar-refractivity contribution in [1.29, 1.82) is 0 Å². The van der Waals surface area contributed by atoms with Crippen LogP contribution in [0.3, 0.4) is 0 Å². The molecule has 7 nitrogen and oxygen atoms in total. The number of rotatable bonds is 8. The Morgan fingerprint density at radius 2 is 1.86 bits per heavy atom. The molecule has 1 amide bonds. The number of nitrogens with zero attached hydrogens (tertiary/aromatic N) is 2. The van der Waals surface area contributed by atoms with Crippen LogP contribution < -0.4 is 9.47 Å². The molecule has 1 spiro atoms. The predicted octanol–water partition coefficient (Wildman–Crippen LogP) is 5.00. The van der Waals surface area contributed by atoms with Gasteiger partial charge in [-0.2, -0.15) is 13.2 Å². The molecule has 2 fully saturated rings. The van der Waals surface area contributed by atoms with Crippen molar-refractivity contribution in [2.45, 2.75) is 50.7 Å². The first-order chi connectivity index (χ1) is 16.8. The molecule has 0 radical (unpaired) electrons. The zero-order valence-corrected chi connectivity index (χ0v) is 19.5. The molecule has 1 aromatic heterocycles. The topological polar surface area (TPSA) is 70.1 Å². The van der Waals surface area contributed by atoms with Gasteiger partial charge in [0, 0.05) is 25.4 Å². The van der Waals surface area contributed by atoms with E-state index in [2.05, 4.69) is 4.98 Å². The molecule has 2 heterocycles. The maximum atomic E-state index is 13.5. The van der Waals surface area contributed by atoms with E-state index in [0.29, 0.717) is 43.1 Å². The standard InChI is InChI=1S/C25H29F3N2O5/c1-32-19-7-5-18(6-8-19)16-33-17-21(25(26,27)28)35-23(31)30-12-9-24(10-13-30)14-20(15-24)34-22-4-2-3-11-29-22/h2-8,11,20-21H,9-10,12-17H2,1H3/t21-/m1/s1. The monoisotopic (exact) mass is 494 g/mol. The summed E-state index contributed by atoms with van der Waals surface area (Å²) < 4.78 is 61.4. The first-order valence-corrected chi connectivity index (χ1v) is 11.6. The summed E-state index contributed by atoms with van der Waals surface area (Å²) >= 11 is 0. The van der Waals surface area contributed by atoms with Crippen LogP contribution in [0.4, 0.5) is 18.0 Å². The molecule has 10 heteroatoms. The summed E-state index contributed by atoms with van der Waals surface area (Å²) in [6.45, 7) is -0.105. The number of hydrogen-bond donors (Lipinski definition) is 0. The maximum absolute atomic E-state index is 13.5. The van der Waals surface area contributed by atoms with Gasteiger partial charge >= 0.3 is 12.3 Å². The zero-order chi connectivity index (χ0) is 24.9. The molecule has 2 aromatic rings. The smallest absolute Gasteiger partial charge is 0.427 e. The molecule has 35 heavy (non-hydrogen) atoms. The van der Waals surface area contributed by atoms with E-state index < -0.39 is 25.0 Å². The fraction of sp³-hybridized carbons (Fsp3) is 0.520. The van der Waals surface area contributed by atoms with E-state index in [9.17, 15) is 18.0 Å². The van der Waals surface area contributed by atoms with Gasteiger partial charge in [-0.05, 0) is 54.9 Å². The summed E-state index contributed by atoms with van der Waals surface area (Å²) in [4.78, 5) is 18.0. The number of amides is 1. The Bertz CT molecular complexity index is 955. The van der Waals surface area contributed by atoms with E-state index in [1.54, 1.807) is 36.5 Å². The number of likely N-dealkylation sites (tertiary alicyclic amines) is 1. The summed E-state index contributed by atoms with van der Waals surface area (Å²) in [5.41, 5.74) is 0.742. The van der Waals surface area contributed by atoms with Crippen LogP contribution in [0.25, 0.3) is 0 Å². The van der Waals surface area contributed by atoms with Crippen LogP contribution in [-0.4, -0.2) is 61.2 Å². The van der Waals surface area contributed by atoms with Crippen molar-refractivity contribution < 1.29 is 36.9 Å². The quantitative estimate of drug-likeness (QED) is 0.515. The second-order valence-corrected chi connectivity index (χ2v) is 9.08. The summed E-state index contributed by atoms with van der Waals surface area (Å²) in [6, 6.07) is 12.3. The molecule has 4 rings (SSSR count). The van der Waals surface area contributed by atoms with Gasteiger partial charge in [0.05, 0.1) is 20.3 Å². The molecule has 0 N–H and O–H groups in total. The number of pyridine rings is 1. The van der Waals surface area contributed by atoms with E-state index >= 15 is 0 Å². The number of benzene rings is 1. The van der Waals surface area contributed by atoms with Gasteiger partial charge in [-0.15, -0.1) is 0 Å². The number of aromatic nitrogens is 1. The lowest BCUT2D eigenvalue weighted by Gasteiger charge is -2.51. The normalized spacial score (nSPS) is 18.6. The van der Waals surface area contributed by atoms with Crippen LogP contribution in [0.15, 0.2) is 48.7 Å². The lowest BCUT2D eigenvalue weighted by atomic mass is 9.61. The molecular formula is C25H29F3N2O5. The molecule has 2 aliphatic rings. The number of carbonyl (C=O) groups excluding carboxylic acids is 1. The lowest BCUT2D eigenvalue weighted by Crippen LogP contribution is -2.53. The van der Waals surface area contributed by atoms with E-state index in [1.165, 1.54) is 12.0 Å². The van der Waals surface area contributed by atoms with E-state index in [0.717, 1.165) is 12.8 Å². The van der Waals surface area contributed by atoms with Gasteiger partial charge in [0.2, 0.25) is 12.0 Å². The number of alkyl halides is 3. The minimum atomic E-state index is -4.73. The van der Waals surface area contributed by atoms with Crippen LogP contribution in [0.2, 0.25) is 0 Å². The van der Waals surface area contributed by atoms with Gasteiger partial charge in [0.1, 0.15) is 11.9 Å². The number of piperidine rings is 1. The van der Waals surface area contributed by atoms with Crippen LogP contribution in [0.5, 0.6) is 11.6 Å². The molecule has 1 atom stereocenters. The van der Waals surface area contributed by atoms with Gasteiger partial charge in [-0.3, -0.25) is 0 Å². The Morgan fingerprint density at radius 3 is 2.46 bits per heavy atom. The maximum Gasteiger partial charge on any atom is 0.427 e. The van der Waals surface area contributed by atoms with Crippen LogP contribution >= 0.6 is 0 Å². The van der Waals surface area contributed by atoms with Crippen molar-refractivity contribution in [2.75, 3.05) is 26.8 Å². The number of hydrogen-bond acceptors (Lipinski definition) is 6.